The predicted octanol–water partition coefficient (Wildman–Crippen LogP) is 2.62. The Morgan fingerprint density at radius 3 is 2.50 bits per heavy atom. The lowest BCUT2D eigenvalue weighted by Gasteiger charge is -2.17. The molecule has 2 rings (SSSR count). The van der Waals surface area contributed by atoms with Crippen LogP contribution in [0.4, 0.5) is 10.5 Å². The van der Waals surface area contributed by atoms with Crippen molar-refractivity contribution < 1.29 is 4.79 Å². The number of urea groups is 1. The van der Waals surface area contributed by atoms with E-state index < -0.39 is 0 Å². The third kappa shape index (κ3) is 1.84. The van der Waals surface area contributed by atoms with Crippen LogP contribution in [-0.4, -0.2) is 20.1 Å². The number of hydrogen-bond acceptors (Lipinski definition) is 1. The van der Waals surface area contributed by atoms with E-state index >= 15 is 0 Å². The molecule has 16 heavy (non-hydrogen) atoms. The Morgan fingerprint density at radius 1 is 1.12 bits per heavy atom. The van der Waals surface area contributed by atoms with Gasteiger partial charge in [0.15, 0.2) is 0 Å². The van der Waals surface area contributed by atoms with Crippen LogP contribution in [0.2, 0.25) is 0 Å². The van der Waals surface area contributed by atoms with E-state index in [0.717, 1.165) is 11.1 Å². The molecule has 0 saturated carbocycles. The lowest BCUT2D eigenvalue weighted by Crippen LogP contribution is -2.34. The summed E-state index contributed by atoms with van der Waals surface area (Å²) < 4.78 is 0. The highest BCUT2D eigenvalue weighted by Gasteiger charge is 2.08. The van der Waals surface area contributed by atoms with Crippen LogP contribution in [0.25, 0.3) is 10.8 Å². The third-order valence-electron chi connectivity index (χ3n) is 2.64. The summed E-state index contributed by atoms with van der Waals surface area (Å²) in [6, 6.07) is 13.9. The average molecular weight is 214 g/mol. The van der Waals surface area contributed by atoms with Gasteiger partial charge >= 0.3 is 6.03 Å². The van der Waals surface area contributed by atoms with Gasteiger partial charge in [0.1, 0.15) is 0 Å². The van der Waals surface area contributed by atoms with Crippen molar-refractivity contribution in [3.05, 3.63) is 42.5 Å². The summed E-state index contributed by atoms with van der Waals surface area (Å²) in [5.41, 5.74) is 0.887. The average Bonchev–Trinajstić information content (AvgIpc) is 2.36. The van der Waals surface area contributed by atoms with Crippen molar-refractivity contribution in [1.82, 2.24) is 5.32 Å². The molecule has 1 N–H and O–H groups in total. The van der Waals surface area contributed by atoms with Crippen LogP contribution in [0, 0.1) is 0 Å². The molecular weight excluding hydrogens is 200 g/mol. The number of nitrogens with zero attached hydrogens (tertiary/aromatic N) is 1. The van der Waals surface area contributed by atoms with Gasteiger partial charge in [-0.2, -0.15) is 0 Å². The molecule has 0 aliphatic heterocycles. The number of fused-ring (bicyclic) bond motifs is 1. The summed E-state index contributed by atoms with van der Waals surface area (Å²) >= 11 is 0. The predicted molar refractivity (Wildman–Crippen MR) is 66.8 cm³/mol. The summed E-state index contributed by atoms with van der Waals surface area (Å²) in [5.74, 6) is 0. The number of rotatable bonds is 1. The number of carbonyl (C=O) groups excluding carboxylic acids is 1. The minimum atomic E-state index is -0.115. The highest BCUT2D eigenvalue weighted by molar-refractivity contribution is 5.94. The molecule has 3 nitrogen and oxygen atoms in total. The fourth-order valence-corrected chi connectivity index (χ4v) is 1.67. The van der Waals surface area contributed by atoms with E-state index in [1.165, 1.54) is 5.39 Å². The van der Waals surface area contributed by atoms with Crippen molar-refractivity contribution in [1.29, 1.82) is 0 Å². The number of hydrogen-bond donors (Lipinski definition) is 1. The number of amides is 2. The highest BCUT2D eigenvalue weighted by atomic mass is 16.2. The first kappa shape index (κ1) is 10.5. The van der Waals surface area contributed by atoms with Gasteiger partial charge in [-0.1, -0.05) is 30.3 Å². The van der Waals surface area contributed by atoms with Gasteiger partial charge in [0.25, 0.3) is 0 Å². The normalized spacial score (nSPS) is 10.1. The second kappa shape index (κ2) is 4.23. The molecule has 2 amide bonds. The molecule has 0 saturated heterocycles. The van der Waals surface area contributed by atoms with E-state index in [-0.39, 0.29) is 6.03 Å². The fraction of sp³-hybridized carbons (Fsp3) is 0.154. The van der Waals surface area contributed by atoms with Crippen LogP contribution >= 0.6 is 0 Å². The number of anilines is 1. The van der Waals surface area contributed by atoms with Crippen molar-refractivity contribution in [2.45, 2.75) is 0 Å². The molecule has 0 bridgehead atoms. The van der Waals surface area contributed by atoms with Crippen LogP contribution < -0.4 is 10.2 Å². The lowest BCUT2D eigenvalue weighted by molar-refractivity contribution is 0.249. The molecule has 0 aliphatic carbocycles. The molecule has 0 heterocycles. The van der Waals surface area contributed by atoms with E-state index in [4.69, 9.17) is 0 Å². The molecule has 3 heteroatoms. The van der Waals surface area contributed by atoms with Crippen molar-refractivity contribution in [2.75, 3.05) is 19.0 Å². The maximum Gasteiger partial charge on any atom is 0.321 e. The molecule has 82 valence electrons. The maximum absolute atomic E-state index is 11.5. The Labute approximate surface area is 94.7 Å². The highest BCUT2D eigenvalue weighted by Crippen LogP contribution is 2.21. The minimum absolute atomic E-state index is 0.115. The van der Waals surface area contributed by atoms with Crippen molar-refractivity contribution in [2.24, 2.45) is 0 Å². The first-order chi connectivity index (χ1) is 7.72. The summed E-state index contributed by atoms with van der Waals surface area (Å²) in [4.78, 5) is 13.1. The zero-order valence-corrected chi connectivity index (χ0v) is 9.40. The van der Waals surface area contributed by atoms with Gasteiger partial charge in [0, 0.05) is 19.8 Å². The molecule has 0 spiro atoms. The van der Waals surface area contributed by atoms with Gasteiger partial charge in [-0.25, -0.2) is 4.79 Å². The SMILES string of the molecule is CNC(=O)N(C)c1ccc2ccccc2c1. The number of nitrogens with one attached hydrogen (secondary N) is 1. The van der Waals surface area contributed by atoms with Crippen LogP contribution in [0.5, 0.6) is 0 Å². The second-order valence-electron chi connectivity index (χ2n) is 3.65. The largest absolute Gasteiger partial charge is 0.341 e. The van der Waals surface area contributed by atoms with Crippen LogP contribution in [0.1, 0.15) is 0 Å². The van der Waals surface area contributed by atoms with E-state index in [2.05, 4.69) is 11.4 Å². The molecule has 0 fully saturated rings. The maximum atomic E-state index is 11.5. The summed E-state index contributed by atoms with van der Waals surface area (Å²) in [6.07, 6.45) is 0. The van der Waals surface area contributed by atoms with Gasteiger partial charge in [0.2, 0.25) is 0 Å². The van der Waals surface area contributed by atoms with E-state index in [0.29, 0.717) is 0 Å². The van der Waals surface area contributed by atoms with Crippen LogP contribution in [-0.2, 0) is 0 Å². The first-order valence-corrected chi connectivity index (χ1v) is 5.16. The molecule has 2 aromatic carbocycles. The standard InChI is InChI=1S/C13H14N2O/c1-14-13(16)15(2)12-8-7-10-5-3-4-6-11(10)9-12/h3-9H,1-2H3,(H,14,16). The Bertz CT molecular complexity index is 522. The molecule has 0 aliphatic rings. The lowest BCUT2D eigenvalue weighted by atomic mass is 10.1. The zero-order chi connectivity index (χ0) is 11.5. The van der Waals surface area contributed by atoms with Crippen LogP contribution in [0.15, 0.2) is 42.5 Å². The van der Waals surface area contributed by atoms with Crippen molar-refractivity contribution in [3.8, 4) is 0 Å². The number of benzene rings is 2. The summed E-state index contributed by atoms with van der Waals surface area (Å²) in [6.45, 7) is 0. The monoisotopic (exact) mass is 214 g/mol. The summed E-state index contributed by atoms with van der Waals surface area (Å²) in [7, 11) is 3.38. The topological polar surface area (TPSA) is 32.3 Å². The minimum Gasteiger partial charge on any atom is -0.341 e. The second-order valence-corrected chi connectivity index (χ2v) is 3.65. The molecule has 0 radical (unpaired) electrons. The first-order valence-electron chi connectivity index (χ1n) is 5.16. The molecule has 0 atom stereocenters. The van der Waals surface area contributed by atoms with E-state index in [1.54, 1.807) is 19.0 Å². The molecular formula is C13H14N2O. The smallest absolute Gasteiger partial charge is 0.321 e. The Balaban J connectivity index is 2.43. The van der Waals surface area contributed by atoms with Crippen molar-refractivity contribution >= 4 is 22.5 Å². The van der Waals surface area contributed by atoms with E-state index in [9.17, 15) is 4.79 Å². The summed E-state index contributed by atoms with van der Waals surface area (Å²) in [5, 5.41) is 4.91. The van der Waals surface area contributed by atoms with Gasteiger partial charge < -0.3 is 5.32 Å². The van der Waals surface area contributed by atoms with Crippen LogP contribution in [0.3, 0.4) is 0 Å². The Hall–Kier alpha value is -2.03. The zero-order valence-electron chi connectivity index (χ0n) is 9.40. The Morgan fingerprint density at radius 2 is 1.81 bits per heavy atom. The Kier molecular flexibility index (Phi) is 2.77. The van der Waals surface area contributed by atoms with Gasteiger partial charge in [-0.15, -0.1) is 0 Å². The van der Waals surface area contributed by atoms with Gasteiger partial charge in [0.05, 0.1) is 0 Å². The molecule has 0 unspecified atom stereocenters. The molecule has 2 aromatic rings. The third-order valence-corrected chi connectivity index (χ3v) is 2.64. The number of carbonyl (C=O) groups is 1. The quantitative estimate of drug-likeness (QED) is 0.777. The fourth-order valence-electron chi connectivity index (χ4n) is 1.67. The molecule has 0 aromatic heterocycles. The van der Waals surface area contributed by atoms with Crippen molar-refractivity contribution in [3.63, 3.8) is 0 Å². The van der Waals surface area contributed by atoms with Gasteiger partial charge in [-0.05, 0) is 22.9 Å². The van der Waals surface area contributed by atoms with Gasteiger partial charge in [-0.3, -0.25) is 4.90 Å². The van der Waals surface area contributed by atoms with E-state index in [1.807, 2.05) is 36.4 Å².